The molecule has 0 bridgehead atoms. The number of aromatic nitrogens is 3. The molecule has 6 heteroatoms. The zero-order valence-electron chi connectivity index (χ0n) is 12.1. The van der Waals surface area contributed by atoms with Gasteiger partial charge in [-0.05, 0) is 30.0 Å². The fourth-order valence-corrected chi connectivity index (χ4v) is 1.94. The molecule has 1 heterocycles. The van der Waals surface area contributed by atoms with E-state index in [0.29, 0.717) is 5.92 Å². The molecule has 6 nitrogen and oxygen atoms in total. The Morgan fingerprint density at radius 3 is 2.76 bits per heavy atom. The van der Waals surface area contributed by atoms with Crippen molar-refractivity contribution >= 4 is 11.6 Å². The SMILES string of the molecule is CCC(C)c1ccc(NC(=O)Cn2cnnc2C#N)cc1. The summed E-state index contributed by atoms with van der Waals surface area (Å²) < 4.78 is 1.41. The van der Waals surface area contributed by atoms with E-state index in [4.69, 9.17) is 5.26 Å². The van der Waals surface area contributed by atoms with Crippen molar-refractivity contribution in [2.24, 2.45) is 0 Å². The van der Waals surface area contributed by atoms with E-state index < -0.39 is 0 Å². The Labute approximate surface area is 123 Å². The lowest BCUT2D eigenvalue weighted by Gasteiger charge is -2.10. The van der Waals surface area contributed by atoms with Crippen molar-refractivity contribution in [3.63, 3.8) is 0 Å². The topological polar surface area (TPSA) is 83.6 Å². The second-order valence-electron chi connectivity index (χ2n) is 4.87. The van der Waals surface area contributed by atoms with E-state index in [1.807, 2.05) is 30.3 Å². The molecule has 1 aromatic heterocycles. The number of benzene rings is 1. The molecule has 21 heavy (non-hydrogen) atoms. The molecule has 2 aromatic rings. The standard InChI is InChI=1S/C15H17N5O/c1-3-11(2)12-4-6-13(7-5-12)18-15(21)9-20-10-17-19-14(20)8-16/h4-7,10-11H,3,9H2,1-2H3,(H,18,21). The molecular formula is C15H17N5O. The van der Waals surface area contributed by atoms with Crippen LogP contribution in [0.15, 0.2) is 30.6 Å². The van der Waals surface area contributed by atoms with Crippen LogP contribution in [0.1, 0.15) is 37.6 Å². The molecule has 1 amide bonds. The first kappa shape index (κ1) is 14.7. The molecule has 1 unspecified atom stereocenters. The molecule has 0 aliphatic rings. The van der Waals surface area contributed by atoms with Crippen LogP contribution in [0.4, 0.5) is 5.69 Å². The molecule has 0 aliphatic carbocycles. The molecule has 0 saturated carbocycles. The van der Waals surface area contributed by atoms with Gasteiger partial charge in [0.15, 0.2) is 0 Å². The third-order valence-corrected chi connectivity index (χ3v) is 3.41. The first-order valence-corrected chi connectivity index (χ1v) is 6.81. The van der Waals surface area contributed by atoms with Gasteiger partial charge in [-0.3, -0.25) is 9.36 Å². The summed E-state index contributed by atoms with van der Waals surface area (Å²) in [5, 5.41) is 18.8. The molecule has 1 aromatic carbocycles. The molecule has 1 N–H and O–H groups in total. The summed E-state index contributed by atoms with van der Waals surface area (Å²) in [6.07, 6.45) is 2.44. The maximum Gasteiger partial charge on any atom is 0.244 e. The lowest BCUT2D eigenvalue weighted by Crippen LogP contribution is -2.19. The number of hydrogen-bond acceptors (Lipinski definition) is 4. The van der Waals surface area contributed by atoms with Gasteiger partial charge in [0.2, 0.25) is 11.7 Å². The maximum absolute atomic E-state index is 11.9. The van der Waals surface area contributed by atoms with Crippen LogP contribution >= 0.6 is 0 Å². The third kappa shape index (κ3) is 3.66. The van der Waals surface area contributed by atoms with Gasteiger partial charge in [-0.1, -0.05) is 26.0 Å². The Hall–Kier alpha value is -2.68. The van der Waals surface area contributed by atoms with E-state index in [2.05, 4.69) is 29.4 Å². The zero-order chi connectivity index (χ0) is 15.2. The van der Waals surface area contributed by atoms with E-state index in [-0.39, 0.29) is 18.3 Å². The van der Waals surface area contributed by atoms with Crippen LogP contribution in [0, 0.1) is 11.3 Å². The predicted molar refractivity (Wildman–Crippen MR) is 78.5 cm³/mol. The van der Waals surface area contributed by atoms with E-state index >= 15 is 0 Å². The fraction of sp³-hybridized carbons (Fsp3) is 0.333. The van der Waals surface area contributed by atoms with E-state index in [1.54, 1.807) is 0 Å². The van der Waals surface area contributed by atoms with Gasteiger partial charge in [0.1, 0.15) is 18.9 Å². The molecule has 1 atom stereocenters. The molecular weight excluding hydrogens is 266 g/mol. The van der Waals surface area contributed by atoms with Crippen molar-refractivity contribution in [1.82, 2.24) is 14.8 Å². The summed E-state index contributed by atoms with van der Waals surface area (Å²) in [7, 11) is 0. The maximum atomic E-state index is 11.9. The van der Waals surface area contributed by atoms with Gasteiger partial charge >= 0.3 is 0 Å². The first-order valence-electron chi connectivity index (χ1n) is 6.81. The van der Waals surface area contributed by atoms with Crippen LogP contribution in [0.3, 0.4) is 0 Å². The first-order chi connectivity index (χ1) is 10.1. The van der Waals surface area contributed by atoms with Gasteiger partial charge in [0.25, 0.3) is 0 Å². The Kier molecular flexibility index (Phi) is 4.67. The number of rotatable bonds is 5. The highest BCUT2D eigenvalue weighted by Gasteiger charge is 2.09. The number of carbonyl (C=O) groups excluding carboxylic acids is 1. The summed E-state index contributed by atoms with van der Waals surface area (Å²) in [6, 6.07) is 9.69. The molecule has 2 rings (SSSR count). The Morgan fingerprint density at radius 2 is 2.14 bits per heavy atom. The van der Waals surface area contributed by atoms with Crippen LogP contribution in [-0.2, 0) is 11.3 Å². The lowest BCUT2D eigenvalue weighted by molar-refractivity contribution is -0.116. The highest BCUT2D eigenvalue weighted by molar-refractivity contribution is 5.90. The largest absolute Gasteiger partial charge is 0.325 e. The monoisotopic (exact) mass is 283 g/mol. The minimum Gasteiger partial charge on any atom is -0.325 e. The predicted octanol–water partition coefficient (Wildman–Crippen LogP) is 2.30. The number of amides is 1. The van der Waals surface area contributed by atoms with Gasteiger partial charge in [-0.25, -0.2) is 0 Å². The van der Waals surface area contributed by atoms with Crippen molar-refractivity contribution in [1.29, 1.82) is 5.26 Å². The fourth-order valence-electron chi connectivity index (χ4n) is 1.94. The van der Waals surface area contributed by atoms with Gasteiger partial charge in [-0.2, -0.15) is 5.26 Å². The average molecular weight is 283 g/mol. The van der Waals surface area contributed by atoms with E-state index in [1.165, 1.54) is 16.5 Å². The molecule has 108 valence electrons. The van der Waals surface area contributed by atoms with Crippen LogP contribution < -0.4 is 5.32 Å². The lowest BCUT2D eigenvalue weighted by atomic mass is 9.99. The molecule has 0 fully saturated rings. The molecule has 0 spiro atoms. The van der Waals surface area contributed by atoms with Crippen molar-refractivity contribution in [2.75, 3.05) is 5.32 Å². The van der Waals surface area contributed by atoms with Crippen LogP contribution in [0.2, 0.25) is 0 Å². The molecule has 0 radical (unpaired) electrons. The Balaban J connectivity index is 1.98. The van der Waals surface area contributed by atoms with Crippen LogP contribution in [0.25, 0.3) is 0 Å². The summed E-state index contributed by atoms with van der Waals surface area (Å²) in [5.41, 5.74) is 1.99. The van der Waals surface area contributed by atoms with Crippen LogP contribution in [0.5, 0.6) is 0 Å². The van der Waals surface area contributed by atoms with Crippen molar-refractivity contribution < 1.29 is 4.79 Å². The van der Waals surface area contributed by atoms with Gasteiger partial charge in [0.05, 0.1) is 0 Å². The number of carbonyl (C=O) groups is 1. The van der Waals surface area contributed by atoms with Gasteiger partial charge in [0, 0.05) is 5.69 Å². The smallest absolute Gasteiger partial charge is 0.244 e. The summed E-state index contributed by atoms with van der Waals surface area (Å²) >= 11 is 0. The quantitative estimate of drug-likeness (QED) is 0.912. The molecule has 0 saturated heterocycles. The summed E-state index contributed by atoms with van der Waals surface area (Å²) in [4.78, 5) is 11.9. The van der Waals surface area contributed by atoms with E-state index in [0.717, 1.165) is 12.1 Å². The average Bonchev–Trinajstić information content (AvgIpc) is 2.94. The van der Waals surface area contributed by atoms with Crippen molar-refractivity contribution in [2.45, 2.75) is 32.7 Å². The number of hydrogen-bond donors (Lipinski definition) is 1. The normalized spacial score (nSPS) is 11.7. The van der Waals surface area contributed by atoms with Gasteiger partial charge < -0.3 is 5.32 Å². The number of nitrogens with zero attached hydrogens (tertiary/aromatic N) is 4. The zero-order valence-corrected chi connectivity index (χ0v) is 12.1. The number of nitriles is 1. The second-order valence-corrected chi connectivity index (χ2v) is 4.87. The Bertz CT molecular complexity index is 653. The van der Waals surface area contributed by atoms with Crippen LogP contribution in [-0.4, -0.2) is 20.7 Å². The minimum absolute atomic E-state index is 0.0169. The highest BCUT2D eigenvalue weighted by atomic mass is 16.1. The number of anilines is 1. The van der Waals surface area contributed by atoms with Crippen molar-refractivity contribution in [3.8, 4) is 6.07 Å². The number of nitrogens with one attached hydrogen (secondary N) is 1. The summed E-state index contributed by atoms with van der Waals surface area (Å²) in [5.74, 6) is 0.407. The molecule has 0 aliphatic heterocycles. The minimum atomic E-state index is -0.220. The van der Waals surface area contributed by atoms with Gasteiger partial charge in [-0.15, -0.1) is 10.2 Å². The Morgan fingerprint density at radius 1 is 1.43 bits per heavy atom. The second kappa shape index (κ2) is 6.66. The van der Waals surface area contributed by atoms with Crippen molar-refractivity contribution in [3.05, 3.63) is 42.0 Å². The highest BCUT2D eigenvalue weighted by Crippen LogP contribution is 2.20. The van der Waals surface area contributed by atoms with E-state index in [9.17, 15) is 4.79 Å². The summed E-state index contributed by atoms with van der Waals surface area (Å²) in [6.45, 7) is 4.33. The third-order valence-electron chi connectivity index (χ3n) is 3.41.